The molecule has 7 nitrogen and oxygen atoms in total. The number of carboxylic acids is 1. The number of sulfonamides is 1. The number of aromatic carboxylic acids is 1. The average molecular weight is 502 g/mol. The number of nitrogens with one attached hydrogen (secondary N) is 1. The molecule has 0 saturated carbocycles. The van der Waals surface area contributed by atoms with E-state index in [-0.39, 0.29) is 23.4 Å². The summed E-state index contributed by atoms with van der Waals surface area (Å²) >= 11 is 0. The number of aryl methyl sites for hydroxylation is 2. The Morgan fingerprint density at radius 2 is 1.77 bits per heavy atom. The Morgan fingerprint density at radius 1 is 1.11 bits per heavy atom. The Morgan fingerprint density at radius 3 is 2.31 bits per heavy atom. The lowest BCUT2D eigenvalue weighted by Gasteiger charge is -2.23. The Labute approximate surface area is 206 Å². The monoisotopic (exact) mass is 501 g/mol. The van der Waals surface area contributed by atoms with Gasteiger partial charge in [0, 0.05) is 23.1 Å². The van der Waals surface area contributed by atoms with Crippen molar-refractivity contribution in [1.82, 2.24) is 14.3 Å². The number of halogens is 1. The summed E-state index contributed by atoms with van der Waals surface area (Å²) in [6, 6.07) is 11.8. The van der Waals surface area contributed by atoms with Crippen LogP contribution in [0.4, 0.5) is 4.39 Å². The number of hydrogen-bond acceptors (Lipinski definition) is 4. The van der Waals surface area contributed by atoms with E-state index in [2.05, 4.69) is 9.71 Å². The second-order valence-corrected chi connectivity index (χ2v) is 11.1. The van der Waals surface area contributed by atoms with E-state index in [9.17, 15) is 18.3 Å². The normalized spacial score (nSPS) is 12.2. The molecule has 3 rings (SSSR count). The van der Waals surface area contributed by atoms with Crippen LogP contribution in [-0.4, -0.2) is 34.6 Å². The SMILES string of the molecule is CCCc1nc(CC)c(C(=O)O)n1Cc1ccc(-c2ccccc2)c(S(=O)(=O)NC(C)(C)C)c1F. The maximum Gasteiger partial charge on any atom is 0.354 e. The van der Waals surface area contributed by atoms with Crippen LogP contribution in [0.3, 0.4) is 0 Å². The summed E-state index contributed by atoms with van der Waals surface area (Å²) in [4.78, 5) is 16.1. The van der Waals surface area contributed by atoms with Crippen molar-refractivity contribution >= 4 is 16.0 Å². The van der Waals surface area contributed by atoms with Gasteiger partial charge < -0.3 is 9.67 Å². The zero-order valence-electron chi connectivity index (χ0n) is 20.7. The zero-order valence-corrected chi connectivity index (χ0v) is 21.5. The van der Waals surface area contributed by atoms with Crippen molar-refractivity contribution in [2.45, 2.75) is 70.9 Å². The minimum absolute atomic E-state index is 0.000269. The molecule has 35 heavy (non-hydrogen) atoms. The molecule has 0 aliphatic rings. The lowest BCUT2D eigenvalue weighted by molar-refractivity contribution is 0.0683. The van der Waals surface area contributed by atoms with Crippen molar-refractivity contribution in [1.29, 1.82) is 0 Å². The van der Waals surface area contributed by atoms with Crippen LogP contribution in [0.25, 0.3) is 11.1 Å². The molecule has 3 aromatic rings. The first-order valence-corrected chi connectivity index (χ1v) is 13.1. The fraction of sp³-hybridized carbons (Fsp3) is 0.385. The summed E-state index contributed by atoms with van der Waals surface area (Å²) in [7, 11) is -4.25. The molecule has 0 radical (unpaired) electrons. The van der Waals surface area contributed by atoms with E-state index in [4.69, 9.17) is 0 Å². The number of carbonyl (C=O) groups is 1. The van der Waals surface area contributed by atoms with E-state index < -0.39 is 32.2 Å². The van der Waals surface area contributed by atoms with Crippen LogP contribution in [0.5, 0.6) is 0 Å². The number of imidazole rings is 1. The van der Waals surface area contributed by atoms with E-state index >= 15 is 4.39 Å². The van der Waals surface area contributed by atoms with Gasteiger partial charge in [-0.2, -0.15) is 0 Å². The number of benzene rings is 2. The molecule has 9 heteroatoms. The highest BCUT2D eigenvalue weighted by molar-refractivity contribution is 7.89. The van der Waals surface area contributed by atoms with E-state index in [1.54, 1.807) is 57.2 Å². The van der Waals surface area contributed by atoms with Crippen LogP contribution in [0.15, 0.2) is 47.4 Å². The van der Waals surface area contributed by atoms with E-state index in [1.807, 2.05) is 13.8 Å². The first kappa shape index (κ1) is 26.6. The fourth-order valence-electron chi connectivity index (χ4n) is 4.08. The van der Waals surface area contributed by atoms with Crippen LogP contribution in [-0.2, 0) is 29.4 Å². The van der Waals surface area contributed by atoms with Crippen molar-refractivity contribution in [3.05, 3.63) is 71.1 Å². The number of aromatic nitrogens is 2. The third-order valence-electron chi connectivity index (χ3n) is 5.43. The van der Waals surface area contributed by atoms with Gasteiger partial charge in [0.1, 0.15) is 16.5 Å². The number of carboxylic acid groups (broad SMARTS) is 1. The summed E-state index contributed by atoms with van der Waals surface area (Å²) < 4.78 is 46.9. The standard InChI is InChI=1S/C26H32FN3O4S/c1-6-11-21-28-20(7-2)23(25(31)32)30(21)16-18-14-15-19(17-12-9-8-10-13-17)24(22(18)27)35(33,34)29-26(3,4)5/h8-10,12-15,29H,6-7,11,16H2,1-5H3,(H,31,32). The van der Waals surface area contributed by atoms with Crippen LogP contribution >= 0.6 is 0 Å². The van der Waals surface area contributed by atoms with Gasteiger partial charge in [0.25, 0.3) is 0 Å². The lowest BCUT2D eigenvalue weighted by atomic mass is 10.0. The second-order valence-electron chi connectivity index (χ2n) is 9.46. The van der Waals surface area contributed by atoms with Crippen molar-refractivity contribution in [3.63, 3.8) is 0 Å². The van der Waals surface area contributed by atoms with E-state index in [0.717, 1.165) is 6.42 Å². The molecule has 0 bridgehead atoms. The van der Waals surface area contributed by atoms with E-state index in [1.165, 1.54) is 10.6 Å². The molecule has 1 aromatic heterocycles. The zero-order chi connectivity index (χ0) is 26.0. The maximum atomic E-state index is 16.1. The van der Waals surface area contributed by atoms with Crippen LogP contribution in [0, 0.1) is 5.82 Å². The summed E-state index contributed by atoms with van der Waals surface area (Å²) in [6.45, 7) is 8.66. The molecule has 0 spiro atoms. The number of hydrogen-bond donors (Lipinski definition) is 2. The number of rotatable bonds is 9. The minimum Gasteiger partial charge on any atom is -0.477 e. The van der Waals surface area contributed by atoms with Gasteiger partial charge in [0.05, 0.1) is 12.2 Å². The largest absolute Gasteiger partial charge is 0.477 e. The smallest absolute Gasteiger partial charge is 0.354 e. The third-order valence-corrected chi connectivity index (χ3v) is 7.25. The van der Waals surface area contributed by atoms with Gasteiger partial charge in [-0.3, -0.25) is 0 Å². The molecule has 0 amide bonds. The maximum absolute atomic E-state index is 16.1. The fourth-order valence-corrected chi connectivity index (χ4v) is 5.83. The van der Waals surface area contributed by atoms with E-state index in [0.29, 0.717) is 29.9 Å². The molecule has 188 valence electrons. The van der Waals surface area contributed by atoms with Crippen molar-refractivity contribution in [3.8, 4) is 11.1 Å². The Bertz CT molecular complexity index is 1330. The van der Waals surface area contributed by atoms with Crippen molar-refractivity contribution in [2.24, 2.45) is 0 Å². The van der Waals surface area contributed by atoms with Gasteiger partial charge in [-0.25, -0.2) is 27.3 Å². The molecule has 0 fully saturated rings. The van der Waals surface area contributed by atoms with Gasteiger partial charge in [0.15, 0.2) is 5.69 Å². The number of nitrogens with zero attached hydrogens (tertiary/aromatic N) is 2. The lowest BCUT2D eigenvalue weighted by Crippen LogP contribution is -2.41. The summed E-state index contributed by atoms with van der Waals surface area (Å²) in [5.41, 5.74) is 0.445. The average Bonchev–Trinajstić information content (AvgIpc) is 3.11. The first-order chi connectivity index (χ1) is 16.4. The molecule has 0 unspecified atom stereocenters. The molecule has 0 aliphatic heterocycles. The highest BCUT2D eigenvalue weighted by atomic mass is 32.2. The van der Waals surface area contributed by atoms with Gasteiger partial charge >= 0.3 is 5.97 Å². The topological polar surface area (TPSA) is 101 Å². The molecule has 2 aromatic carbocycles. The molecule has 0 saturated heterocycles. The molecule has 2 N–H and O–H groups in total. The summed E-state index contributed by atoms with van der Waals surface area (Å²) in [6.07, 6.45) is 1.65. The van der Waals surface area contributed by atoms with Gasteiger partial charge in [-0.05, 0) is 39.2 Å². The third kappa shape index (κ3) is 5.79. The molecular weight excluding hydrogens is 469 g/mol. The quantitative estimate of drug-likeness (QED) is 0.428. The molecule has 1 heterocycles. The van der Waals surface area contributed by atoms with Gasteiger partial charge in [-0.15, -0.1) is 0 Å². The van der Waals surface area contributed by atoms with Crippen LogP contribution in [0.2, 0.25) is 0 Å². The summed E-state index contributed by atoms with van der Waals surface area (Å²) in [5, 5.41) is 9.85. The molecule has 0 atom stereocenters. The predicted molar refractivity (Wildman–Crippen MR) is 134 cm³/mol. The highest BCUT2D eigenvalue weighted by Gasteiger charge is 2.31. The highest BCUT2D eigenvalue weighted by Crippen LogP contribution is 2.33. The Kier molecular flexibility index (Phi) is 7.81. The minimum atomic E-state index is -4.25. The Hall–Kier alpha value is -3.04. The molecule has 0 aliphatic carbocycles. The predicted octanol–water partition coefficient (Wildman–Crippen LogP) is 5.03. The van der Waals surface area contributed by atoms with Gasteiger partial charge in [0.2, 0.25) is 10.0 Å². The van der Waals surface area contributed by atoms with Crippen molar-refractivity contribution in [2.75, 3.05) is 0 Å². The summed E-state index contributed by atoms with van der Waals surface area (Å²) in [5.74, 6) is -1.53. The van der Waals surface area contributed by atoms with Crippen LogP contribution < -0.4 is 4.72 Å². The Balaban J connectivity index is 2.25. The van der Waals surface area contributed by atoms with Crippen LogP contribution in [0.1, 0.15) is 68.6 Å². The molecular formula is C26H32FN3O4S. The second kappa shape index (κ2) is 10.3. The van der Waals surface area contributed by atoms with Gasteiger partial charge in [-0.1, -0.05) is 56.3 Å². The first-order valence-electron chi connectivity index (χ1n) is 11.6. The van der Waals surface area contributed by atoms with Crippen molar-refractivity contribution < 1.29 is 22.7 Å².